The molecule has 1 aromatic heterocycles. The van der Waals surface area contributed by atoms with E-state index in [1.807, 2.05) is 4.90 Å². The SMILES string of the molecule is Cn1cc([N+](=O)[O-])c(N2CCCC(CNCC(=O)O)C2)n1. The first kappa shape index (κ1) is 15.2. The minimum absolute atomic E-state index is 0.0108. The van der Waals surface area contributed by atoms with Crippen LogP contribution in [0.25, 0.3) is 0 Å². The number of hydrogen-bond donors (Lipinski definition) is 2. The number of nitrogens with one attached hydrogen (secondary N) is 1. The number of aryl methyl sites for hydroxylation is 1. The van der Waals surface area contributed by atoms with Crippen LogP contribution in [-0.4, -0.2) is 52.0 Å². The van der Waals surface area contributed by atoms with Gasteiger partial charge in [0.2, 0.25) is 5.82 Å². The number of anilines is 1. The average Bonchev–Trinajstić information content (AvgIpc) is 2.81. The van der Waals surface area contributed by atoms with E-state index in [2.05, 4.69) is 10.4 Å². The molecule has 1 aliphatic rings. The summed E-state index contributed by atoms with van der Waals surface area (Å²) in [5.74, 6) is -0.229. The highest BCUT2D eigenvalue weighted by Gasteiger charge is 2.28. The van der Waals surface area contributed by atoms with Crippen LogP contribution in [0.2, 0.25) is 0 Å². The lowest BCUT2D eigenvalue weighted by atomic mass is 9.98. The molecule has 2 heterocycles. The number of piperidine rings is 1. The molecule has 0 saturated carbocycles. The second-order valence-corrected chi connectivity index (χ2v) is 5.25. The Kier molecular flexibility index (Phi) is 4.73. The van der Waals surface area contributed by atoms with E-state index in [1.54, 1.807) is 7.05 Å². The van der Waals surface area contributed by atoms with Crippen LogP contribution in [0.5, 0.6) is 0 Å². The molecule has 9 heteroatoms. The number of rotatable bonds is 6. The minimum atomic E-state index is -0.886. The summed E-state index contributed by atoms with van der Waals surface area (Å²) in [6, 6.07) is 0. The van der Waals surface area contributed by atoms with Gasteiger partial charge in [-0.25, -0.2) is 0 Å². The molecule has 0 spiro atoms. The van der Waals surface area contributed by atoms with Crippen molar-refractivity contribution in [2.45, 2.75) is 12.8 Å². The highest BCUT2D eigenvalue weighted by atomic mass is 16.6. The van der Waals surface area contributed by atoms with Gasteiger partial charge in [-0.15, -0.1) is 5.10 Å². The average molecular weight is 297 g/mol. The first-order valence-electron chi connectivity index (χ1n) is 6.83. The fourth-order valence-corrected chi connectivity index (χ4v) is 2.63. The lowest BCUT2D eigenvalue weighted by Crippen LogP contribution is -2.41. The number of nitro groups is 1. The summed E-state index contributed by atoms with van der Waals surface area (Å²) in [6.45, 7) is 1.89. The summed E-state index contributed by atoms with van der Waals surface area (Å²) >= 11 is 0. The first-order valence-corrected chi connectivity index (χ1v) is 6.83. The third kappa shape index (κ3) is 3.91. The van der Waals surface area contributed by atoms with Crippen molar-refractivity contribution in [2.75, 3.05) is 31.1 Å². The van der Waals surface area contributed by atoms with Crippen LogP contribution in [0.4, 0.5) is 11.5 Å². The van der Waals surface area contributed by atoms with Gasteiger partial charge in [0.1, 0.15) is 6.20 Å². The Morgan fingerprint density at radius 1 is 1.67 bits per heavy atom. The molecule has 21 heavy (non-hydrogen) atoms. The molecule has 2 rings (SSSR count). The van der Waals surface area contributed by atoms with Crippen molar-refractivity contribution in [1.82, 2.24) is 15.1 Å². The number of carboxylic acids is 1. The first-order chi connectivity index (χ1) is 9.97. The molecule has 0 bridgehead atoms. The number of hydrogen-bond acceptors (Lipinski definition) is 6. The number of carbonyl (C=O) groups is 1. The molecule has 1 fully saturated rings. The van der Waals surface area contributed by atoms with Gasteiger partial charge in [-0.05, 0) is 18.8 Å². The largest absolute Gasteiger partial charge is 0.480 e. The van der Waals surface area contributed by atoms with E-state index < -0.39 is 10.9 Å². The Bertz CT molecular complexity index is 530. The van der Waals surface area contributed by atoms with Gasteiger partial charge < -0.3 is 15.3 Å². The van der Waals surface area contributed by atoms with Gasteiger partial charge in [0.25, 0.3) is 0 Å². The van der Waals surface area contributed by atoms with Gasteiger partial charge in [-0.3, -0.25) is 19.6 Å². The quantitative estimate of drug-likeness (QED) is 0.570. The fourth-order valence-electron chi connectivity index (χ4n) is 2.63. The molecule has 116 valence electrons. The van der Waals surface area contributed by atoms with Crippen molar-refractivity contribution in [3.05, 3.63) is 16.3 Å². The summed E-state index contributed by atoms with van der Waals surface area (Å²) in [7, 11) is 1.66. The molecule has 1 unspecified atom stereocenters. The van der Waals surface area contributed by atoms with Crippen LogP contribution in [0.3, 0.4) is 0 Å². The zero-order valence-corrected chi connectivity index (χ0v) is 11.9. The van der Waals surface area contributed by atoms with Gasteiger partial charge in [-0.1, -0.05) is 0 Å². The molecule has 0 aromatic carbocycles. The summed E-state index contributed by atoms with van der Waals surface area (Å²) in [5.41, 5.74) is 0.0108. The Hall–Kier alpha value is -2.16. The van der Waals surface area contributed by atoms with Gasteiger partial charge >= 0.3 is 11.7 Å². The van der Waals surface area contributed by atoms with Crippen molar-refractivity contribution in [3.8, 4) is 0 Å². The number of aliphatic carboxylic acids is 1. The summed E-state index contributed by atoms with van der Waals surface area (Å²) in [5, 5.41) is 26.7. The van der Waals surface area contributed by atoms with Crippen molar-refractivity contribution in [1.29, 1.82) is 0 Å². The van der Waals surface area contributed by atoms with E-state index in [0.717, 1.165) is 19.4 Å². The summed E-state index contributed by atoms with van der Waals surface area (Å²) in [6.07, 6.45) is 3.29. The normalized spacial score (nSPS) is 18.7. The third-order valence-corrected chi connectivity index (χ3v) is 3.52. The van der Waals surface area contributed by atoms with Crippen molar-refractivity contribution in [2.24, 2.45) is 13.0 Å². The lowest BCUT2D eigenvalue weighted by molar-refractivity contribution is -0.384. The fraction of sp³-hybridized carbons (Fsp3) is 0.667. The predicted octanol–water partition coefficient (Wildman–Crippen LogP) is 0.219. The maximum Gasteiger partial charge on any atom is 0.330 e. The molecular formula is C12H19N5O4. The third-order valence-electron chi connectivity index (χ3n) is 3.52. The van der Waals surface area contributed by atoms with Crippen molar-refractivity contribution >= 4 is 17.5 Å². The second-order valence-electron chi connectivity index (χ2n) is 5.25. The Morgan fingerprint density at radius 2 is 2.43 bits per heavy atom. The van der Waals surface area contributed by atoms with Crippen molar-refractivity contribution in [3.63, 3.8) is 0 Å². The maximum absolute atomic E-state index is 11.1. The highest BCUT2D eigenvalue weighted by Crippen LogP contribution is 2.29. The highest BCUT2D eigenvalue weighted by molar-refractivity contribution is 5.69. The monoisotopic (exact) mass is 297 g/mol. The predicted molar refractivity (Wildman–Crippen MR) is 75.3 cm³/mol. The molecule has 0 radical (unpaired) electrons. The molecule has 1 saturated heterocycles. The van der Waals surface area contributed by atoms with Crippen LogP contribution in [-0.2, 0) is 11.8 Å². The van der Waals surface area contributed by atoms with E-state index in [4.69, 9.17) is 5.11 Å². The summed E-state index contributed by atoms with van der Waals surface area (Å²) < 4.78 is 1.44. The Labute approximate surface area is 121 Å². The lowest BCUT2D eigenvalue weighted by Gasteiger charge is -2.32. The van der Waals surface area contributed by atoms with Crippen LogP contribution < -0.4 is 10.2 Å². The van der Waals surface area contributed by atoms with Gasteiger partial charge in [0, 0.05) is 26.7 Å². The maximum atomic E-state index is 11.1. The molecular weight excluding hydrogens is 278 g/mol. The number of aromatic nitrogens is 2. The van der Waals surface area contributed by atoms with Crippen LogP contribution in [0.1, 0.15) is 12.8 Å². The van der Waals surface area contributed by atoms with Crippen molar-refractivity contribution < 1.29 is 14.8 Å². The zero-order valence-electron chi connectivity index (χ0n) is 11.9. The molecule has 1 aromatic rings. The molecule has 0 amide bonds. The van der Waals surface area contributed by atoms with E-state index in [1.165, 1.54) is 10.9 Å². The van der Waals surface area contributed by atoms with E-state index in [0.29, 0.717) is 18.9 Å². The molecule has 9 nitrogen and oxygen atoms in total. The van der Waals surface area contributed by atoms with E-state index in [-0.39, 0.29) is 18.2 Å². The van der Waals surface area contributed by atoms with Crippen LogP contribution in [0.15, 0.2) is 6.20 Å². The molecule has 2 N–H and O–H groups in total. The van der Waals surface area contributed by atoms with Gasteiger partial charge in [0.15, 0.2) is 0 Å². The minimum Gasteiger partial charge on any atom is -0.480 e. The topological polar surface area (TPSA) is 114 Å². The Morgan fingerprint density at radius 3 is 3.10 bits per heavy atom. The van der Waals surface area contributed by atoms with Gasteiger partial charge in [0.05, 0.1) is 11.5 Å². The van der Waals surface area contributed by atoms with E-state index in [9.17, 15) is 14.9 Å². The molecule has 0 aliphatic carbocycles. The van der Waals surface area contributed by atoms with Crippen LogP contribution in [0, 0.1) is 16.0 Å². The zero-order chi connectivity index (χ0) is 15.4. The van der Waals surface area contributed by atoms with Crippen LogP contribution >= 0.6 is 0 Å². The standard InChI is InChI=1S/C12H19N5O4/c1-15-8-10(17(20)21)12(14-15)16-4-2-3-9(7-16)5-13-6-11(18)19/h8-9,13H,2-7H2,1H3,(H,18,19). The second kappa shape index (κ2) is 6.53. The van der Waals surface area contributed by atoms with Gasteiger partial charge in [-0.2, -0.15) is 0 Å². The number of carboxylic acid groups (broad SMARTS) is 1. The molecule has 1 atom stereocenters. The summed E-state index contributed by atoms with van der Waals surface area (Å²) in [4.78, 5) is 23.0. The number of nitrogens with zero attached hydrogens (tertiary/aromatic N) is 4. The Balaban J connectivity index is 2.00. The molecule has 1 aliphatic heterocycles. The smallest absolute Gasteiger partial charge is 0.330 e. The van der Waals surface area contributed by atoms with E-state index >= 15 is 0 Å².